The molecule has 2 amide bonds. The van der Waals surface area contributed by atoms with Gasteiger partial charge in [-0.05, 0) is 37.0 Å². The minimum Gasteiger partial charge on any atom is -0.388 e. The molecule has 0 spiro atoms. The van der Waals surface area contributed by atoms with E-state index in [1.807, 2.05) is 0 Å². The van der Waals surface area contributed by atoms with E-state index in [1.165, 1.54) is 6.07 Å². The van der Waals surface area contributed by atoms with Crippen molar-refractivity contribution in [2.24, 2.45) is 0 Å². The summed E-state index contributed by atoms with van der Waals surface area (Å²) in [4.78, 5) is 11.6. The van der Waals surface area contributed by atoms with Crippen LogP contribution in [0.5, 0.6) is 0 Å². The lowest BCUT2D eigenvalue weighted by Gasteiger charge is -2.22. The van der Waals surface area contributed by atoms with Crippen molar-refractivity contribution in [3.8, 4) is 0 Å². The van der Waals surface area contributed by atoms with Crippen LogP contribution in [0, 0.1) is 12.7 Å². The van der Waals surface area contributed by atoms with Crippen LogP contribution in [0.2, 0.25) is 0 Å². The van der Waals surface area contributed by atoms with Crippen LogP contribution in [-0.4, -0.2) is 23.3 Å². The normalized spacial score (nSPS) is 16.9. The summed E-state index contributed by atoms with van der Waals surface area (Å²) < 4.78 is 13.3. The van der Waals surface area contributed by atoms with E-state index in [0.717, 1.165) is 25.7 Å². The van der Waals surface area contributed by atoms with Crippen LogP contribution in [-0.2, 0) is 6.54 Å². The SMILES string of the molecule is Cc1ccc(CNC(=O)NCC2(O)CCCC2)cc1F. The summed E-state index contributed by atoms with van der Waals surface area (Å²) in [6.07, 6.45) is 3.47. The first-order chi connectivity index (χ1) is 9.48. The number of benzene rings is 1. The summed E-state index contributed by atoms with van der Waals surface area (Å²) in [7, 11) is 0. The van der Waals surface area contributed by atoms with Crippen molar-refractivity contribution in [3.05, 3.63) is 35.1 Å². The van der Waals surface area contributed by atoms with Crippen molar-refractivity contribution in [1.29, 1.82) is 0 Å². The summed E-state index contributed by atoms with van der Waals surface area (Å²) in [5, 5.41) is 15.4. The lowest BCUT2D eigenvalue weighted by atomic mass is 10.0. The Hall–Kier alpha value is -1.62. The van der Waals surface area contributed by atoms with Crippen molar-refractivity contribution in [1.82, 2.24) is 10.6 Å². The highest BCUT2D eigenvalue weighted by atomic mass is 19.1. The lowest BCUT2D eigenvalue weighted by molar-refractivity contribution is 0.0501. The zero-order valence-corrected chi connectivity index (χ0v) is 11.7. The Kier molecular flexibility index (Phi) is 4.60. The molecule has 2 rings (SSSR count). The molecule has 1 fully saturated rings. The van der Waals surface area contributed by atoms with Crippen molar-refractivity contribution in [2.45, 2.75) is 44.8 Å². The second kappa shape index (κ2) is 6.22. The Bertz CT molecular complexity index is 485. The first-order valence-corrected chi connectivity index (χ1v) is 6.98. The fourth-order valence-electron chi connectivity index (χ4n) is 2.45. The Morgan fingerprint density at radius 2 is 2.05 bits per heavy atom. The predicted octanol–water partition coefficient (Wildman–Crippen LogP) is 2.24. The van der Waals surface area contributed by atoms with Gasteiger partial charge in [0.05, 0.1) is 5.60 Å². The third-order valence-corrected chi connectivity index (χ3v) is 3.80. The van der Waals surface area contributed by atoms with E-state index in [0.29, 0.717) is 11.1 Å². The van der Waals surface area contributed by atoms with E-state index in [2.05, 4.69) is 10.6 Å². The van der Waals surface area contributed by atoms with Gasteiger partial charge in [-0.15, -0.1) is 0 Å². The molecular formula is C15H21FN2O2. The van der Waals surface area contributed by atoms with Crippen LogP contribution < -0.4 is 10.6 Å². The molecule has 0 atom stereocenters. The number of nitrogens with one attached hydrogen (secondary N) is 2. The van der Waals surface area contributed by atoms with E-state index >= 15 is 0 Å². The second-order valence-electron chi connectivity index (χ2n) is 5.55. The first kappa shape index (κ1) is 14.8. The zero-order chi connectivity index (χ0) is 14.6. The fraction of sp³-hybridized carbons (Fsp3) is 0.533. The summed E-state index contributed by atoms with van der Waals surface area (Å²) in [5.74, 6) is -0.273. The molecule has 1 aromatic rings. The maximum absolute atomic E-state index is 13.3. The van der Waals surface area contributed by atoms with E-state index in [-0.39, 0.29) is 24.9 Å². The van der Waals surface area contributed by atoms with Crippen LogP contribution in [0.25, 0.3) is 0 Å². The summed E-state index contributed by atoms with van der Waals surface area (Å²) in [6.45, 7) is 2.23. The highest BCUT2D eigenvalue weighted by Gasteiger charge is 2.31. The van der Waals surface area contributed by atoms with Gasteiger partial charge in [-0.2, -0.15) is 0 Å². The molecule has 0 unspecified atom stereocenters. The van der Waals surface area contributed by atoms with E-state index in [1.54, 1.807) is 19.1 Å². The topological polar surface area (TPSA) is 61.4 Å². The Morgan fingerprint density at radius 3 is 2.70 bits per heavy atom. The molecule has 0 saturated heterocycles. The van der Waals surface area contributed by atoms with Crippen LogP contribution in [0.15, 0.2) is 18.2 Å². The largest absolute Gasteiger partial charge is 0.388 e. The number of rotatable bonds is 4. The molecule has 1 aliphatic rings. The fourth-order valence-corrected chi connectivity index (χ4v) is 2.45. The Balaban J connectivity index is 1.76. The van der Waals surface area contributed by atoms with Crippen LogP contribution in [0.3, 0.4) is 0 Å². The number of hydrogen-bond donors (Lipinski definition) is 3. The number of carbonyl (C=O) groups excluding carboxylic acids is 1. The van der Waals surface area contributed by atoms with Gasteiger partial charge in [0.2, 0.25) is 0 Å². The highest BCUT2D eigenvalue weighted by molar-refractivity contribution is 5.73. The molecule has 0 heterocycles. The monoisotopic (exact) mass is 280 g/mol. The van der Waals surface area contributed by atoms with Gasteiger partial charge in [-0.1, -0.05) is 25.0 Å². The van der Waals surface area contributed by atoms with Crippen molar-refractivity contribution >= 4 is 6.03 Å². The molecule has 4 nitrogen and oxygen atoms in total. The minimum atomic E-state index is -0.757. The first-order valence-electron chi connectivity index (χ1n) is 6.98. The van der Waals surface area contributed by atoms with Gasteiger partial charge >= 0.3 is 6.03 Å². The molecule has 1 saturated carbocycles. The van der Waals surface area contributed by atoms with Crippen molar-refractivity contribution in [3.63, 3.8) is 0 Å². The maximum Gasteiger partial charge on any atom is 0.315 e. The molecule has 1 aliphatic carbocycles. The molecular weight excluding hydrogens is 259 g/mol. The molecule has 0 radical (unpaired) electrons. The van der Waals surface area contributed by atoms with Gasteiger partial charge in [-0.3, -0.25) is 0 Å². The molecule has 1 aromatic carbocycles. The van der Waals surface area contributed by atoms with Crippen LogP contribution in [0.1, 0.15) is 36.8 Å². The van der Waals surface area contributed by atoms with Gasteiger partial charge in [0.1, 0.15) is 5.82 Å². The third kappa shape index (κ3) is 3.93. The van der Waals surface area contributed by atoms with Gasteiger partial charge in [0, 0.05) is 13.1 Å². The Labute approximate surface area is 118 Å². The summed E-state index contributed by atoms with van der Waals surface area (Å²) in [6, 6.07) is 4.54. The molecule has 5 heteroatoms. The van der Waals surface area contributed by atoms with Gasteiger partial charge in [-0.25, -0.2) is 9.18 Å². The maximum atomic E-state index is 13.3. The number of aliphatic hydroxyl groups is 1. The number of hydrogen-bond acceptors (Lipinski definition) is 2. The van der Waals surface area contributed by atoms with Crippen LogP contribution >= 0.6 is 0 Å². The second-order valence-corrected chi connectivity index (χ2v) is 5.55. The summed E-state index contributed by atoms with van der Waals surface area (Å²) >= 11 is 0. The highest BCUT2D eigenvalue weighted by Crippen LogP contribution is 2.28. The third-order valence-electron chi connectivity index (χ3n) is 3.80. The van der Waals surface area contributed by atoms with Crippen molar-refractivity contribution in [2.75, 3.05) is 6.54 Å². The van der Waals surface area contributed by atoms with Gasteiger partial charge in [0.15, 0.2) is 0 Å². The minimum absolute atomic E-state index is 0.265. The van der Waals surface area contributed by atoms with Gasteiger partial charge in [0.25, 0.3) is 0 Å². The zero-order valence-electron chi connectivity index (χ0n) is 11.7. The number of amides is 2. The number of urea groups is 1. The number of aryl methyl sites for hydroxylation is 1. The predicted molar refractivity (Wildman–Crippen MR) is 74.8 cm³/mol. The van der Waals surface area contributed by atoms with Crippen LogP contribution in [0.4, 0.5) is 9.18 Å². The Morgan fingerprint density at radius 1 is 1.35 bits per heavy atom. The average Bonchev–Trinajstić information content (AvgIpc) is 2.85. The molecule has 0 aliphatic heterocycles. The number of halogens is 1. The lowest BCUT2D eigenvalue weighted by Crippen LogP contribution is -2.44. The molecule has 110 valence electrons. The smallest absolute Gasteiger partial charge is 0.315 e. The standard InChI is InChI=1S/C15H21FN2O2/c1-11-4-5-12(8-13(11)16)9-17-14(19)18-10-15(20)6-2-3-7-15/h4-5,8,20H,2-3,6-7,9-10H2,1H3,(H2,17,18,19). The quantitative estimate of drug-likeness (QED) is 0.792. The average molecular weight is 280 g/mol. The molecule has 20 heavy (non-hydrogen) atoms. The van der Waals surface area contributed by atoms with Gasteiger partial charge < -0.3 is 15.7 Å². The van der Waals surface area contributed by atoms with E-state index in [9.17, 15) is 14.3 Å². The van der Waals surface area contributed by atoms with E-state index in [4.69, 9.17) is 0 Å². The van der Waals surface area contributed by atoms with E-state index < -0.39 is 5.60 Å². The number of carbonyl (C=O) groups is 1. The summed E-state index contributed by atoms with van der Waals surface area (Å²) in [5.41, 5.74) is 0.539. The molecule has 3 N–H and O–H groups in total. The van der Waals surface area contributed by atoms with Crippen molar-refractivity contribution < 1.29 is 14.3 Å². The molecule has 0 aromatic heterocycles. The molecule has 0 bridgehead atoms.